The Kier molecular flexibility index (Phi) is 5.53. The van der Waals surface area contributed by atoms with Crippen LogP contribution in [0.15, 0.2) is 55.0 Å². The highest BCUT2D eigenvalue weighted by molar-refractivity contribution is 6.42. The Morgan fingerprint density at radius 1 is 1.20 bits per heavy atom. The summed E-state index contributed by atoms with van der Waals surface area (Å²) in [7, 11) is 0. The first-order valence-corrected chi connectivity index (χ1v) is 8.16. The van der Waals surface area contributed by atoms with Crippen LogP contribution in [-0.2, 0) is 13.3 Å². The van der Waals surface area contributed by atoms with E-state index < -0.39 is 0 Å². The number of carbonyl (C=O) groups excluding carboxylic acids is 1. The molecule has 0 aliphatic heterocycles. The number of amides is 1. The molecule has 8 heteroatoms. The molecule has 128 valence electrons. The quantitative estimate of drug-likeness (QED) is 0.713. The predicted octanol–water partition coefficient (Wildman–Crippen LogP) is 3.55. The van der Waals surface area contributed by atoms with Crippen LogP contribution in [0.1, 0.15) is 16.1 Å². The van der Waals surface area contributed by atoms with Gasteiger partial charge in [-0.15, -0.1) is 0 Å². The molecule has 2 heterocycles. The van der Waals surface area contributed by atoms with E-state index in [1.165, 1.54) is 4.68 Å². The Balaban J connectivity index is 1.56. The summed E-state index contributed by atoms with van der Waals surface area (Å²) in [5.41, 5.74) is 1.21. The Morgan fingerprint density at radius 3 is 2.88 bits per heavy atom. The van der Waals surface area contributed by atoms with Gasteiger partial charge in [-0.3, -0.25) is 9.78 Å². The molecule has 1 N–H and O–H groups in total. The van der Waals surface area contributed by atoms with E-state index in [1.54, 1.807) is 42.9 Å². The van der Waals surface area contributed by atoms with Gasteiger partial charge in [0.25, 0.3) is 5.91 Å². The fraction of sp³-hybridized carbons (Fsp3) is 0.118. The van der Waals surface area contributed by atoms with Gasteiger partial charge >= 0.3 is 0 Å². The molecule has 0 spiro atoms. The molecular weight excluding hydrogens is 363 g/mol. The third-order valence-corrected chi connectivity index (χ3v) is 4.12. The molecule has 0 aliphatic carbocycles. The van der Waals surface area contributed by atoms with Crippen molar-refractivity contribution in [1.82, 2.24) is 20.1 Å². The number of halogens is 2. The Morgan fingerprint density at radius 2 is 2.08 bits per heavy atom. The summed E-state index contributed by atoms with van der Waals surface area (Å²) in [5.74, 6) is 0.177. The molecule has 3 aromatic rings. The van der Waals surface area contributed by atoms with Gasteiger partial charge in [0.05, 0.1) is 5.02 Å². The zero-order chi connectivity index (χ0) is 17.6. The third kappa shape index (κ3) is 4.49. The molecular formula is C17H14Cl2N4O2. The molecule has 0 aliphatic rings. The van der Waals surface area contributed by atoms with E-state index in [2.05, 4.69) is 15.4 Å². The first-order valence-electron chi connectivity index (χ1n) is 7.41. The Hall–Kier alpha value is -2.57. The summed E-state index contributed by atoms with van der Waals surface area (Å²) in [6.45, 7) is 0.490. The number of benzene rings is 1. The molecule has 6 nitrogen and oxygen atoms in total. The van der Waals surface area contributed by atoms with Gasteiger partial charge in [-0.1, -0.05) is 35.3 Å². The van der Waals surface area contributed by atoms with E-state index in [0.29, 0.717) is 28.0 Å². The normalized spacial score (nSPS) is 10.5. The van der Waals surface area contributed by atoms with Gasteiger partial charge in [-0.25, -0.2) is 4.68 Å². The molecule has 0 saturated heterocycles. The van der Waals surface area contributed by atoms with Gasteiger partial charge in [0.2, 0.25) is 0 Å². The number of pyridine rings is 1. The van der Waals surface area contributed by atoms with Crippen molar-refractivity contribution in [3.63, 3.8) is 0 Å². The Labute approximate surface area is 154 Å². The van der Waals surface area contributed by atoms with Crippen molar-refractivity contribution in [1.29, 1.82) is 0 Å². The molecule has 0 saturated carbocycles. The van der Waals surface area contributed by atoms with E-state index in [9.17, 15) is 4.79 Å². The molecule has 0 radical (unpaired) electrons. The zero-order valence-electron chi connectivity index (χ0n) is 13.0. The van der Waals surface area contributed by atoms with Crippen LogP contribution in [0.25, 0.3) is 0 Å². The second kappa shape index (κ2) is 8.00. The average Bonchev–Trinajstić information content (AvgIpc) is 3.11. The predicted molar refractivity (Wildman–Crippen MR) is 94.7 cm³/mol. The lowest BCUT2D eigenvalue weighted by atomic mass is 10.3. The minimum Gasteiger partial charge on any atom is -0.470 e. The van der Waals surface area contributed by atoms with Crippen LogP contribution in [0.5, 0.6) is 5.75 Å². The van der Waals surface area contributed by atoms with Gasteiger partial charge in [0.15, 0.2) is 6.73 Å². The molecule has 0 bridgehead atoms. The fourth-order valence-electron chi connectivity index (χ4n) is 2.06. The average molecular weight is 377 g/mol. The number of hydrogen-bond acceptors (Lipinski definition) is 4. The highest BCUT2D eigenvalue weighted by Crippen LogP contribution is 2.31. The number of ether oxygens (including phenoxy) is 1. The molecule has 0 atom stereocenters. The molecule has 0 fully saturated rings. The lowest BCUT2D eigenvalue weighted by Gasteiger charge is -2.08. The minimum absolute atomic E-state index is 0.107. The maximum atomic E-state index is 12.1. The van der Waals surface area contributed by atoms with Gasteiger partial charge in [-0.2, -0.15) is 5.10 Å². The lowest BCUT2D eigenvalue weighted by Crippen LogP contribution is -2.23. The number of rotatable bonds is 6. The van der Waals surface area contributed by atoms with Crippen LogP contribution in [0.4, 0.5) is 0 Å². The Bertz CT molecular complexity index is 868. The maximum Gasteiger partial charge on any atom is 0.272 e. The van der Waals surface area contributed by atoms with E-state index >= 15 is 0 Å². The fourth-order valence-corrected chi connectivity index (χ4v) is 2.41. The smallest absolute Gasteiger partial charge is 0.272 e. The van der Waals surface area contributed by atoms with Gasteiger partial charge in [0, 0.05) is 25.1 Å². The SMILES string of the molecule is O=C(NCc1cccnc1)c1ccn(COc2cccc(Cl)c2Cl)n1. The van der Waals surface area contributed by atoms with Crippen molar-refractivity contribution >= 4 is 29.1 Å². The summed E-state index contributed by atoms with van der Waals surface area (Å²) in [6, 6.07) is 10.4. The van der Waals surface area contributed by atoms with Gasteiger partial charge < -0.3 is 10.1 Å². The van der Waals surface area contributed by atoms with E-state index in [-0.39, 0.29) is 12.6 Å². The topological polar surface area (TPSA) is 69.0 Å². The molecule has 3 rings (SSSR count). The summed E-state index contributed by atoms with van der Waals surface area (Å²) in [5, 5.41) is 7.71. The van der Waals surface area contributed by atoms with Crippen molar-refractivity contribution in [2.75, 3.05) is 0 Å². The summed E-state index contributed by atoms with van der Waals surface area (Å²) < 4.78 is 7.07. The van der Waals surface area contributed by atoms with Crippen molar-refractivity contribution in [2.45, 2.75) is 13.3 Å². The first kappa shape index (κ1) is 17.3. The monoisotopic (exact) mass is 376 g/mol. The summed E-state index contributed by atoms with van der Waals surface area (Å²) >= 11 is 12.0. The van der Waals surface area contributed by atoms with Crippen molar-refractivity contribution < 1.29 is 9.53 Å². The second-order valence-electron chi connectivity index (χ2n) is 5.11. The third-order valence-electron chi connectivity index (χ3n) is 3.32. The number of nitrogens with zero attached hydrogens (tertiary/aromatic N) is 3. The van der Waals surface area contributed by atoms with Gasteiger partial charge in [0.1, 0.15) is 16.5 Å². The van der Waals surface area contributed by atoms with Crippen LogP contribution >= 0.6 is 23.2 Å². The van der Waals surface area contributed by atoms with Crippen LogP contribution in [0.3, 0.4) is 0 Å². The molecule has 2 aromatic heterocycles. The van der Waals surface area contributed by atoms with Crippen LogP contribution in [-0.4, -0.2) is 20.7 Å². The molecule has 25 heavy (non-hydrogen) atoms. The maximum absolute atomic E-state index is 12.1. The standard InChI is InChI=1S/C17H14Cl2N4O2/c18-13-4-1-5-15(16(13)19)25-11-23-8-6-14(22-23)17(24)21-10-12-3-2-7-20-9-12/h1-9H,10-11H2,(H,21,24). The zero-order valence-corrected chi connectivity index (χ0v) is 14.5. The number of aromatic nitrogens is 3. The van der Waals surface area contributed by atoms with Crippen LogP contribution < -0.4 is 10.1 Å². The highest BCUT2D eigenvalue weighted by atomic mass is 35.5. The largest absolute Gasteiger partial charge is 0.470 e. The molecule has 0 unspecified atom stereocenters. The van der Waals surface area contributed by atoms with Crippen molar-refractivity contribution in [2.24, 2.45) is 0 Å². The molecule has 1 aromatic carbocycles. The van der Waals surface area contributed by atoms with E-state index in [1.807, 2.05) is 12.1 Å². The second-order valence-corrected chi connectivity index (χ2v) is 5.89. The van der Waals surface area contributed by atoms with E-state index in [4.69, 9.17) is 27.9 Å². The van der Waals surface area contributed by atoms with Crippen molar-refractivity contribution in [3.8, 4) is 5.75 Å². The number of hydrogen-bond donors (Lipinski definition) is 1. The molecule has 1 amide bonds. The highest BCUT2D eigenvalue weighted by Gasteiger charge is 2.10. The van der Waals surface area contributed by atoms with Crippen molar-refractivity contribution in [3.05, 3.63) is 76.3 Å². The van der Waals surface area contributed by atoms with Crippen LogP contribution in [0, 0.1) is 0 Å². The number of carbonyl (C=O) groups is 1. The van der Waals surface area contributed by atoms with E-state index in [0.717, 1.165) is 5.56 Å². The lowest BCUT2D eigenvalue weighted by molar-refractivity contribution is 0.0944. The van der Waals surface area contributed by atoms with Crippen LogP contribution in [0.2, 0.25) is 10.0 Å². The minimum atomic E-state index is -0.275. The first-order chi connectivity index (χ1) is 12.1. The van der Waals surface area contributed by atoms with Gasteiger partial charge in [-0.05, 0) is 29.8 Å². The summed E-state index contributed by atoms with van der Waals surface area (Å²) in [6.07, 6.45) is 5.03. The number of nitrogens with one attached hydrogen (secondary N) is 1. The summed E-state index contributed by atoms with van der Waals surface area (Å²) in [4.78, 5) is 16.1.